The molecule has 2 aromatic heterocycles. The Morgan fingerprint density at radius 3 is 2.64 bits per heavy atom. The van der Waals surface area contributed by atoms with Crippen LogP contribution in [0.3, 0.4) is 0 Å². The van der Waals surface area contributed by atoms with E-state index in [-0.39, 0.29) is 0 Å². The molecule has 0 unspecified atom stereocenters. The summed E-state index contributed by atoms with van der Waals surface area (Å²) in [5, 5.41) is 3.87. The van der Waals surface area contributed by atoms with Gasteiger partial charge in [-0.15, -0.1) is 0 Å². The fourth-order valence-electron chi connectivity index (χ4n) is 3.60. The van der Waals surface area contributed by atoms with Gasteiger partial charge in [0.1, 0.15) is 17.9 Å². The highest BCUT2D eigenvalue weighted by molar-refractivity contribution is 5.40. The molecule has 0 bridgehead atoms. The minimum atomic E-state index is 0.508. The van der Waals surface area contributed by atoms with E-state index in [1.165, 1.54) is 5.56 Å². The van der Waals surface area contributed by atoms with Crippen molar-refractivity contribution in [1.29, 1.82) is 0 Å². The molecular weight excluding hydrogens is 318 g/mol. The zero-order chi connectivity index (χ0) is 17.1. The zero-order valence-electron chi connectivity index (χ0n) is 14.7. The predicted octanol–water partition coefficient (Wildman–Crippen LogP) is 1.99. The second-order valence-electron chi connectivity index (χ2n) is 6.86. The van der Waals surface area contributed by atoms with Crippen molar-refractivity contribution in [3.05, 3.63) is 35.6 Å². The second kappa shape index (κ2) is 7.49. The second-order valence-corrected chi connectivity index (χ2v) is 6.86. The van der Waals surface area contributed by atoms with E-state index in [0.29, 0.717) is 5.92 Å². The van der Waals surface area contributed by atoms with Crippen LogP contribution in [0, 0.1) is 6.92 Å². The molecule has 4 rings (SSSR count). The van der Waals surface area contributed by atoms with Gasteiger partial charge >= 0.3 is 0 Å². The predicted molar refractivity (Wildman–Crippen MR) is 93.6 cm³/mol. The third kappa shape index (κ3) is 3.82. The lowest BCUT2D eigenvalue weighted by atomic mass is 9.96. The first-order chi connectivity index (χ1) is 12.3. The third-order valence-electron chi connectivity index (χ3n) is 5.25. The van der Waals surface area contributed by atoms with E-state index in [1.54, 1.807) is 6.33 Å². The average molecular weight is 343 g/mol. The molecule has 0 radical (unpaired) electrons. The molecule has 7 nitrogen and oxygen atoms in total. The first kappa shape index (κ1) is 16.5. The number of aromatic nitrogens is 3. The first-order valence-corrected chi connectivity index (χ1v) is 9.07. The maximum Gasteiger partial charge on any atom is 0.138 e. The fourth-order valence-corrected chi connectivity index (χ4v) is 3.60. The molecule has 134 valence electrons. The van der Waals surface area contributed by atoms with Crippen molar-refractivity contribution >= 4 is 5.82 Å². The van der Waals surface area contributed by atoms with Gasteiger partial charge in [-0.05, 0) is 19.8 Å². The quantitative estimate of drug-likeness (QED) is 0.841. The number of anilines is 1. The van der Waals surface area contributed by atoms with Crippen molar-refractivity contribution in [3.8, 4) is 0 Å². The summed E-state index contributed by atoms with van der Waals surface area (Å²) in [6, 6.07) is 2.18. The summed E-state index contributed by atoms with van der Waals surface area (Å²) in [6.07, 6.45) is 5.66. The highest BCUT2D eigenvalue weighted by Gasteiger charge is 2.22. The highest BCUT2D eigenvalue weighted by Crippen LogP contribution is 2.27. The van der Waals surface area contributed by atoms with Crippen molar-refractivity contribution in [2.45, 2.75) is 32.2 Å². The molecule has 0 N–H and O–H groups in total. The molecule has 7 heteroatoms. The zero-order valence-corrected chi connectivity index (χ0v) is 14.7. The van der Waals surface area contributed by atoms with Gasteiger partial charge in [0.25, 0.3) is 0 Å². The lowest BCUT2D eigenvalue weighted by molar-refractivity contribution is 0.0845. The van der Waals surface area contributed by atoms with Crippen molar-refractivity contribution in [3.63, 3.8) is 0 Å². The fraction of sp³-hybridized carbons (Fsp3) is 0.611. The molecule has 0 amide bonds. The first-order valence-electron chi connectivity index (χ1n) is 9.07. The van der Waals surface area contributed by atoms with E-state index in [2.05, 4.69) is 31.0 Å². The van der Waals surface area contributed by atoms with Gasteiger partial charge in [0.2, 0.25) is 0 Å². The van der Waals surface area contributed by atoms with E-state index in [4.69, 9.17) is 9.26 Å². The highest BCUT2D eigenvalue weighted by atomic mass is 16.5. The molecular formula is C18H25N5O2. The average Bonchev–Trinajstić information content (AvgIpc) is 3.08. The maximum absolute atomic E-state index is 5.46. The van der Waals surface area contributed by atoms with Gasteiger partial charge in [-0.25, -0.2) is 9.97 Å². The molecule has 2 aromatic rings. The topological polar surface area (TPSA) is 67.5 Å². The van der Waals surface area contributed by atoms with Crippen LogP contribution in [-0.4, -0.2) is 59.4 Å². The van der Waals surface area contributed by atoms with Crippen LogP contribution in [0.2, 0.25) is 0 Å². The SMILES string of the molecule is Cc1oncc1CN1CCN(c2cc(C3CCOCC3)ncn2)CC1. The van der Waals surface area contributed by atoms with Crippen LogP contribution in [0.15, 0.2) is 23.1 Å². The van der Waals surface area contributed by atoms with Gasteiger partial charge in [-0.1, -0.05) is 5.16 Å². The van der Waals surface area contributed by atoms with Gasteiger partial charge in [-0.2, -0.15) is 0 Å². The Morgan fingerprint density at radius 1 is 1.12 bits per heavy atom. The Balaban J connectivity index is 1.36. The Kier molecular flexibility index (Phi) is 4.94. The van der Waals surface area contributed by atoms with E-state index < -0.39 is 0 Å². The van der Waals surface area contributed by atoms with Crippen LogP contribution in [0.25, 0.3) is 0 Å². The van der Waals surface area contributed by atoms with Gasteiger partial charge in [0.15, 0.2) is 0 Å². The minimum Gasteiger partial charge on any atom is -0.381 e. The maximum atomic E-state index is 5.46. The van der Waals surface area contributed by atoms with Crippen molar-refractivity contribution in [2.24, 2.45) is 0 Å². The van der Waals surface area contributed by atoms with Crippen LogP contribution < -0.4 is 4.90 Å². The van der Waals surface area contributed by atoms with Gasteiger partial charge in [0.05, 0.1) is 6.20 Å². The summed E-state index contributed by atoms with van der Waals surface area (Å²) in [6.45, 7) is 8.54. The summed E-state index contributed by atoms with van der Waals surface area (Å²) in [5.41, 5.74) is 2.34. The largest absolute Gasteiger partial charge is 0.381 e. The summed E-state index contributed by atoms with van der Waals surface area (Å²) in [7, 11) is 0. The van der Waals surface area contributed by atoms with Crippen LogP contribution in [0.1, 0.15) is 35.8 Å². The Hall–Kier alpha value is -1.99. The number of aryl methyl sites for hydroxylation is 1. The molecule has 0 spiro atoms. The number of hydrogen-bond donors (Lipinski definition) is 0. The molecule has 4 heterocycles. The Morgan fingerprint density at radius 2 is 1.92 bits per heavy atom. The van der Waals surface area contributed by atoms with Crippen LogP contribution in [0.4, 0.5) is 5.82 Å². The molecule has 2 aliphatic rings. The van der Waals surface area contributed by atoms with Crippen molar-refractivity contribution in [1.82, 2.24) is 20.0 Å². The van der Waals surface area contributed by atoms with E-state index >= 15 is 0 Å². The van der Waals surface area contributed by atoms with Crippen LogP contribution in [-0.2, 0) is 11.3 Å². The van der Waals surface area contributed by atoms with Crippen molar-refractivity contribution < 1.29 is 9.26 Å². The minimum absolute atomic E-state index is 0.508. The molecule has 0 aliphatic carbocycles. The van der Waals surface area contributed by atoms with E-state index in [9.17, 15) is 0 Å². The molecule has 2 saturated heterocycles. The van der Waals surface area contributed by atoms with Crippen LogP contribution in [0.5, 0.6) is 0 Å². The summed E-state index contributed by atoms with van der Waals surface area (Å²) < 4.78 is 10.6. The van der Waals surface area contributed by atoms with Gasteiger partial charge in [0, 0.05) is 69.2 Å². The van der Waals surface area contributed by atoms with Crippen LogP contribution >= 0.6 is 0 Å². The monoisotopic (exact) mass is 343 g/mol. The molecule has 2 aliphatic heterocycles. The summed E-state index contributed by atoms with van der Waals surface area (Å²) in [5.74, 6) is 2.48. The molecule has 0 atom stereocenters. The number of hydrogen-bond acceptors (Lipinski definition) is 7. The number of ether oxygens (including phenoxy) is 1. The lowest BCUT2D eigenvalue weighted by Crippen LogP contribution is -2.46. The van der Waals surface area contributed by atoms with E-state index in [1.807, 2.05) is 13.1 Å². The molecule has 0 aromatic carbocycles. The standard InChI is InChI=1S/C18H25N5O2/c1-14-16(11-21-25-14)12-22-4-6-23(7-5-22)18-10-17(19-13-20-18)15-2-8-24-9-3-15/h10-11,13,15H,2-9,12H2,1H3. The number of nitrogens with zero attached hydrogens (tertiary/aromatic N) is 5. The van der Waals surface area contributed by atoms with E-state index in [0.717, 1.165) is 76.1 Å². The lowest BCUT2D eigenvalue weighted by Gasteiger charge is -2.35. The normalized spacial score (nSPS) is 20.1. The van der Waals surface area contributed by atoms with Gasteiger partial charge < -0.3 is 14.2 Å². The summed E-state index contributed by atoms with van der Waals surface area (Å²) in [4.78, 5) is 13.8. The third-order valence-corrected chi connectivity index (χ3v) is 5.25. The Labute approximate surface area is 148 Å². The van der Waals surface area contributed by atoms with Gasteiger partial charge in [-0.3, -0.25) is 4.90 Å². The number of piperazine rings is 1. The Bertz CT molecular complexity index is 690. The number of rotatable bonds is 4. The molecule has 25 heavy (non-hydrogen) atoms. The molecule has 0 saturated carbocycles. The summed E-state index contributed by atoms with van der Waals surface area (Å²) >= 11 is 0. The molecule has 2 fully saturated rings. The smallest absolute Gasteiger partial charge is 0.138 e. The van der Waals surface area contributed by atoms with Crippen molar-refractivity contribution in [2.75, 3.05) is 44.3 Å².